The molecule has 0 aliphatic carbocycles. The first-order valence-electron chi connectivity index (χ1n) is 6.96. The zero-order valence-electron chi connectivity index (χ0n) is 12.3. The average molecular weight is 271 g/mol. The standard InChI is InChI=1S/C16H21N3O/c1-4-20-16-10-15(18-13(3)19-16)17-11-12(2)14-8-6-5-7-9-14/h5-10,12H,4,11H2,1-3H3,(H,17,18,19). The van der Waals surface area contributed by atoms with E-state index >= 15 is 0 Å². The van der Waals surface area contributed by atoms with Crippen molar-refractivity contribution in [1.82, 2.24) is 9.97 Å². The van der Waals surface area contributed by atoms with Crippen molar-refractivity contribution in [3.05, 3.63) is 47.8 Å². The average Bonchev–Trinajstić information content (AvgIpc) is 2.45. The molecule has 106 valence electrons. The van der Waals surface area contributed by atoms with Crippen LogP contribution in [-0.2, 0) is 0 Å². The number of aromatic nitrogens is 2. The van der Waals surface area contributed by atoms with Gasteiger partial charge in [0.1, 0.15) is 11.6 Å². The van der Waals surface area contributed by atoms with Gasteiger partial charge in [0.2, 0.25) is 5.88 Å². The summed E-state index contributed by atoms with van der Waals surface area (Å²) >= 11 is 0. The number of nitrogens with one attached hydrogen (secondary N) is 1. The fraction of sp³-hybridized carbons (Fsp3) is 0.375. The van der Waals surface area contributed by atoms with Gasteiger partial charge in [0.25, 0.3) is 0 Å². The van der Waals surface area contributed by atoms with Gasteiger partial charge in [-0.05, 0) is 25.3 Å². The van der Waals surface area contributed by atoms with E-state index in [2.05, 4.69) is 46.5 Å². The Hall–Kier alpha value is -2.10. The Labute approximate surface area is 120 Å². The van der Waals surface area contributed by atoms with Gasteiger partial charge in [-0.15, -0.1) is 0 Å². The first kappa shape index (κ1) is 14.3. The van der Waals surface area contributed by atoms with Gasteiger partial charge in [0.15, 0.2) is 0 Å². The van der Waals surface area contributed by atoms with Crippen LogP contribution in [-0.4, -0.2) is 23.1 Å². The highest BCUT2D eigenvalue weighted by molar-refractivity contribution is 5.39. The number of nitrogens with zero attached hydrogens (tertiary/aromatic N) is 2. The van der Waals surface area contributed by atoms with Gasteiger partial charge >= 0.3 is 0 Å². The Kier molecular flexibility index (Phi) is 4.93. The van der Waals surface area contributed by atoms with E-state index < -0.39 is 0 Å². The molecule has 0 aliphatic heterocycles. The number of hydrogen-bond acceptors (Lipinski definition) is 4. The van der Waals surface area contributed by atoms with Gasteiger partial charge in [-0.1, -0.05) is 37.3 Å². The third kappa shape index (κ3) is 3.95. The second-order valence-corrected chi connectivity index (χ2v) is 4.76. The number of aryl methyl sites for hydroxylation is 1. The summed E-state index contributed by atoms with van der Waals surface area (Å²) in [6.45, 7) is 7.44. The molecule has 4 heteroatoms. The monoisotopic (exact) mass is 271 g/mol. The summed E-state index contributed by atoms with van der Waals surface area (Å²) in [5, 5.41) is 3.35. The minimum atomic E-state index is 0.419. The highest BCUT2D eigenvalue weighted by Crippen LogP contribution is 2.17. The van der Waals surface area contributed by atoms with Gasteiger partial charge in [-0.2, -0.15) is 4.98 Å². The molecule has 1 heterocycles. The van der Waals surface area contributed by atoms with Crippen molar-refractivity contribution < 1.29 is 4.74 Å². The Morgan fingerprint density at radius 2 is 1.95 bits per heavy atom. The molecule has 0 fully saturated rings. The van der Waals surface area contributed by atoms with Gasteiger partial charge < -0.3 is 10.1 Å². The molecule has 0 saturated carbocycles. The molecule has 0 saturated heterocycles. The van der Waals surface area contributed by atoms with E-state index in [0.717, 1.165) is 12.4 Å². The molecule has 1 unspecified atom stereocenters. The van der Waals surface area contributed by atoms with Crippen molar-refractivity contribution >= 4 is 5.82 Å². The van der Waals surface area contributed by atoms with E-state index in [-0.39, 0.29) is 0 Å². The molecular formula is C16H21N3O. The van der Waals surface area contributed by atoms with E-state index in [1.54, 1.807) is 0 Å². The molecule has 0 spiro atoms. The van der Waals surface area contributed by atoms with Gasteiger partial charge in [0.05, 0.1) is 6.61 Å². The van der Waals surface area contributed by atoms with Crippen LogP contribution in [0.25, 0.3) is 0 Å². The van der Waals surface area contributed by atoms with Crippen molar-refractivity contribution in [2.45, 2.75) is 26.7 Å². The number of rotatable bonds is 6. The van der Waals surface area contributed by atoms with Crippen LogP contribution in [0, 0.1) is 6.92 Å². The van der Waals surface area contributed by atoms with Gasteiger partial charge in [0, 0.05) is 12.6 Å². The Morgan fingerprint density at radius 1 is 1.20 bits per heavy atom. The third-order valence-corrected chi connectivity index (χ3v) is 3.06. The third-order valence-electron chi connectivity index (χ3n) is 3.06. The zero-order chi connectivity index (χ0) is 14.4. The van der Waals surface area contributed by atoms with Crippen LogP contribution in [0.2, 0.25) is 0 Å². The molecule has 2 aromatic rings. The van der Waals surface area contributed by atoms with E-state index in [1.165, 1.54) is 5.56 Å². The molecule has 1 aromatic carbocycles. The Balaban J connectivity index is 2.00. The molecular weight excluding hydrogens is 250 g/mol. The molecule has 4 nitrogen and oxygen atoms in total. The van der Waals surface area contributed by atoms with Gasteiger partial charge in [-0.3, -0.25) is 0 Å². The minimum Gasteiger partial charge on any atom is -0.478 e. The smallest absolute Gasteiger partial charge is 0.218 e. The number of benzene rings is 1. The molecule has 2 rings (SSSR count). The van der Waals surface area contributed by atoms with E-state index in [1.807, 2.05) is 26.0 Å². The predicted molar refractivity (Wildman–Crippen MR) is 81.3 cm³/mol. The molecule has 20 heavy (non-hydrogen) atoms. The van der Waals surface area contributed by atoms with E-state index in [9.17, 15) is 0 Å². The summed E-state index contributed by atoms with van der Waals surface area (Å²) in [6.07, 6.45) is 0. The maximum absolute atomic E-state index is 5.43. The molecule has 1 aromatic heterocycles. The summed E-state index contributed by atoms with van der Waals surface area (Å²) < 4.78 is 5.43. The summed E-state index contributed by atoms with van der Waals surface area (Å²) in [4.78, 5) is 8.62. The fourth-order valence-electron chi connectivity index (χ4n) is 2.01. The highest BCUT2D eigenvalue weighted by Gasteiger charge is 2.07. The Morgan fingerprint density at radius 3 is 2.65 bits per heavy atom. The Bertz CT molecular complexity index is 543. The van der Waals surface area contributed by atoms with Crippen LogP contribution in [0.1, 0.15) is 31.2 Å². The van der Waals surface area contributed by atoms with E-state index in [0.29, 0.717) is 24.2 Å². The number of hydrogen-bond donors (Lipinski definition) is 1. The number of anilines is 1. The SMILES string of the molecule is CCOc1cc(NCC(C)c2ccccc2)nc(C)n1. The lowest BCUT2D eigenvalue weighted by Gasteiger charge is -2.14. The fourth-order valence-corrected chi connectivity index (χ4v) is 2.01. The molecule has 0 aliphatic rings. The van der Waals surface area contributed by atoms with Crippen LogP contribution < -0.4 is 10.1 Å². The topological polar surface area (TPSA) is 47.0 Å². The first-order chi connectivity index (χ1) is 9.69. The highest BCUT2D eigenvalue weighted by atomic mass is 16.5. The minimum absolute atomic E-state index is 0.419. The van der Waals surface area contributed by atoms with Crippen molar-refractivity contribution in [3.8, 4) is 5.88 Å². The van der Waals surface area contributed by atoms with Crippen LogP contribution in [0.5, 0.6) is 5.88 Å². The second kappa shape index (κ2) is 6.89. The lowest BCUT2D eigenvalue weighted by atomic mass is 10.0. The summed E-state index contributed by atoms with van der Waals surface area (Å²) in [5.41, 5.74) is 1.32. The molecule has 0 radical (unpaired) electrons. The summed E-state index contributed by atoms with van der Waals surface area (Å²) in [5.74, 6) is 2.56. The second-order valence-electron chi connectivity index (χ2n) is 4.76. The van der Waals surface area contributed by atoms with Crippen LogP contribution >= 0.6 is 0 Å². The van der Waals surface area contributed by atoms with E-state index in [4.69, 9.17) is 4.74 Å². The normalized spacial score (nSPS) is 11.9. The maximum Gasteiger partial charge on any atom is 0.218 e. The van der Waals surface area contributed by atoms with Crippen LogP contribution in [0.15, 0.2) is 36.4 Å². The number of ether oxygens (including phenoxy) is 1. The van der Waals surface area contributed by atoms with Crippen LogP contribution in [0.3, 0.4) is 0 Å². The zero-order valence-corrected chi connectivity index (χ0v) is 12.3. The first-order valence-corrected chi connectivity index (χ1v) is 6.96. The largest absolute Gasteiger partial charge is 0.478 e. The molecule has 1 N–H and O–H groups in total. The van der Waals surface area contributed by atoms with Gasteiger partial charge in [-0.25, -0.2) is 4.98 Å². The molecule has 0 amide bonds. The van der Waals surface area contributed by atoms with Crippen molar-refractivity contribution in [3.63, 3.8) is 0 Å². The molecule has 1 atom stereocenters. The van der Waals surface area contributed by atoms with Crippen LogP contribution in [0.4, 0.5) is 5.82 Å². The predicted octanol–water partition coefficient (Wildman–Crippen LogP) is 3.40. The summed E-state index contributed by atoms with van der Waals surface area (Å²) in [7, 11) is 0. The lowest BCUT2D eigenvalue weighted by Crippen LogP contribution is -2.11. The van der Waals surface area contributed by atoms with Crippen molar-refractivity contribution in [2.75, 3.05) is 18.5 Å². The molecule has 0 bridgehead atoms. The maximum atomic E-state index is 5.43. The lowest BCUT2D eigenvalue weighted by molar-refractivity contribution is 0.325. The quantitative estimate of drug-likeness (QED) is 0.874. The van der Waals surface area contributed by atoms with Crippen molar-refractivity contribution in [2.24, 2.45) is 0 Å². The van der Waals surface area contributed by atoms with Crippen molar-refractivity contribution in [1.29, 1.82) is 0 Å². The summed E-state index contributed by atoms with van der Waals surface area (Å²) in [6, 6.07) is 12.3.